The number of ether oxygens (including phenoxy) is 1. The number of amides is 1. The van der Waals surface area contributed by atoms with E-state index in [9.17, 15) is 9.18 Å². The summed E-state index contributed by atoms with van der Waals surface area (Å²) in [6.45, 7) is 2.40. The van der Waals surface area contributed by atoms with Gasteiger partial charge in [0.1, 0.15) is 11.6 Å². The summed E-state index contributed by atoms with van der Waals surface area (Å²) in [6.07, 6.45) is 0. The summed E-state index contributed by atoms with van der Waals surface area (Å²) >= 11 is 1.27. The Kier molecular flexibility index (Phi) is 4.06. The van der Waals surface area contributed by atoms with Crippen molar-refractivity contribution in [1.29, 1.82) is 0 Å². The van der Waals surface area contributed by atoms with Gasteiger partial charge in [-0.15, -0.1) is 11.3 Å². The molecule has 1 heterocycles. The summed E-state index contributed by atoms with van der Waals surface area (Å²) in [4.78, 5) is 12.8. The molecule has 0 radical (unpaired) electrons. The van der Waals surface area contributed by atoms with Crippen LogP contribution in [0.25, 0.3) is 10.1 Å². The van der Waals surface area contributed by atoms with E-state index in [1.807, 2.05) is 19.1 Å². The Labute approximate surface area is 131 Å². The van der Waals surface area contributed by atoms with Crippen LogP contribution in [0.2, 0.25) is 0 Å². The minimum atomic E-state index is -0.317. The Morgan fingerprint density at radius 2 is 2.05 bits per heavy atom. The summed E-state index contributed by atoms with van der Waals surface area (Å²) in [5.74, 6) is 0.0286. The van der Waals surface area contributed by atoms with Crippen molar-refractivity contribution >= 4 is 33.0 Å². The average molecular weight is 315 g/mol. The van der Waals surface area contributed by atoms with Crippen LogP contribution in [-0.4, -0.2) is 12.5 Å². The van der Waals surface area contributed by atoms with E-state index in [2.05, 4.69) is 5.32 Å². The second-order valence-corrected chi connectivity index (χ2v) is 5.73. The third-order valence-corrected chi connectivity index (χ3v) is 4.27. The molecule has 5 heteroatoms. The van der Waals surface area contributed by atoms with E-state index in [4.69, 9.17) is 4.74 Å². The van der Waals surface area contributed by atoms with Crippen molar-refractivity contribution in [2.45, 2.75) is 6.92 Å². The fourth-order valence-corrected chi connectivity index (χ4v) is 3.14. The van der Waals surface area contributed by atoms with Gasteiger partial charge in [0, 0.05) is 10.1 Å². The Morgan fingerprint density at radius 3 is 2.82 bits per heavy atom. The fraction of sp³-hybridized carbons (Fsp3) is 0.118. The lowest BCUT2D eigenvalue weighted by atomic mass is 10.2. The van der Waals surface area contributed by atoms with Gasteiger partial charge in [0.2, 0.25) is 0 Å². The molecule has 2 aromatic carbocycles. The quantitative estimate of drug-likeness (QED) is 0.758. The summed E-state index contributed by atoms with van der Waals surface area (Å²) in [6, 6.07) is 13.6. The molecule has 0 saturated carbocycles. The van der Waals surface area contributed by atoms with E-state index in [0.717, 1.165) is 4.70 Å². The van der Waals surface area contributed by atoms with Gasteiger partial charge in [-0.1, -0.05) is 18.2 Å². The molecular weight excluding hydrogens is 301 g/mol. The summed E-state index contributed by atoms with van der Waals surface area (Å²) in [5.41, 5.74) is 0.604. The van der Waals surface area contributed by atoms with Crippen LogP contribution in [0.1, 0.15) is 16.6 Å². The van der Waals surface area contributed by atoms with Gasteiger partial charge in [0.25, 0.3) is 5.91 Å². The first-order valence-electron chi connectivity index (χ1n) is 6.90. The molecule has 3 nitrogen and oxygen atoms in total. The van der Waals surface area contributed by atoms with Gasteiger partial charge >= 0.3 is 0 Å². The van der Waals surface area contributed by atoms with Crippen LogP contribution in [0.5, 0.6) is 5.75 Å². The lowest BCUT2D eigenvalue weighted by Crippen LogP contribution is -2.11. The first-order valence-corrected chi connectivity index (χ1v) is 7.72. The van der Waals surface area contributed by atoms with E-state index in [1.54, 1.807) is 30.3 Å². The highest BCUT2D eigenvalue weighted by Crippen LogP contribution is 2.29. The highest BCUT2D eigenvalue weighted by molar-refractivity contribution is 7.20. The lowest BCUT2D eigenvalue weighted by Gasteiger charge is -2.10. The summed E-state index contributed by atoms with van der Waals surface area (Å²) in [5, 5.41) is 3.28. The number of hydrogen-bond acceptors (Lipinski definition) is 3. The number of fused-ring (bicyclic) bond motifs is 1. The van der Waals surface area contributed by atoms with Crippen molar-refractivity contribution in [1.82, 2.24) is 0 Å². The molecule has 0 unspecified atom stereocenters. The molecule has 0 saturated heterocycles. The normalized spacial score (nSPS) is 10.6. The number of benzene rings is 2. The number of carbonyl (C=O) groups is 1. The fourth-order valence-electron chi connectivity index (χ4n) is 2.17. The van der Waals surface area contributed by atoms with E-state index in [0.29, 0.717) is 28.3 Å². The standard InChI is InChI=1S/C17H14FNO2S/c1-2-21-14-8-4-3-7-13(14)19-17(20)16-10-11-12(18)6-5-9-15(11)22-16/h3-10H,2H2,1H3,(H,19,20). The molecule has 1 aromatic heterocycles. The number of nitrogens with one attached hydrogen (secondary N) is 1. The first-order chi connectivity index (χ1) is 10.7. The van der Waals surface area contributed by atoms with Crippen molar-refractivity contribution in [2.75, 3.05) is 11.9 Å². The molecule has 0 aliphatic rings. The van der Waals surface area contributed by atoms with Gasteiger partial charge in [0.05, 0.1) is 17.2 Å². The molecule has 0 bridgehead atoms. The van der Waals surface area contributed by atoms with Crippen LogP contribution >= 0.6 is 11.3 Å². The molecule has 0 aliphatic heterocycles. The van der Waals surface area contributed by atoms with Crippen molar-refractivity contribution in [3.63, 3.8) is 0 Å². The maximum atomic E-state index is 13.7. The third-order valence-electron chi connectivity index (χ3n) is 3.17. The molecule has 0 spiro atoms. The van der Waals surface area contributed by atoms with Crippen LogP contribution in [0, 0.1) is 5.82 Å². The number of hydrogen-bond donors (Lipinski definition) is 1. The van der Waals surface area contributed by atoms with Crippen LogP contribution in [0.4, 0.5) is 10.1 Å². The predicted octanol–water partition coefficient (Wildman–Crippen LogP) is 4.69. The number of halogens is 1. The molecule has 3 aromatic rings. The first kappa shape index (κ1) is 14.5. The SMILES string of the molecule is CCOc1ccccc1NC(=O)c1cc2c(F)cccc2s1. The Morgan fingerprint density at radius 1 is 1.23 bits per heavy atom. The smallest absolute Gasteiger partial charge is 0.265 e. The van der Waals surface area contributed by atoms with Crippen LogP contribution in [0.15, 0.2) is 48.5 Å². The van der Waals surface area contributed by atoms with Crippen molar-refractivity contribution in [2.24, 2.45) is 0 Å². The van der Waals surface area contributed by atoms with Gasteiger partial charge in [-0.25, -0.2) is 4.39 Å². The zero-order valence-electron chi connectivity index (χ0n) is 11.9. The topological polar surface area (TPSA) is 38.3 Å². The Balaban J connectivity index is 1.89. The van der Waals surface area contributed by atoms with Crippen LogP contribution in [0.3, 0.4) is 0 Å². The average Bonchev–Trinajstić information content (AvgIpc) is 2.95. The zero-order valence-corrected chi connectivity index (χ0v) is 12.7. The maximum absolute atomic E-state index is 13.7. The molecule has 1 amide bonds. The van der Waals surface area contributed by atoms with E-state index < -0.39 is 0 Å². The molecule has 0 atom stereocenters. The van der Waals surface area contributed by atoms with E-state index in [1.165, 1.54) is 17.4 Å². The molecule has 112 valence electrons. The maximum Gasteiger partial charge on any atom is 0.265 e. The Hall–Kier alpha value is -2.40. The number of anilines is 1. The number of para-hydroxylation sites is 2. The van der Waals surface area contributed by atoms with Gasteiger partial charge in [-0.3, -0.25) is 4.79 Å². The van der Waals surface area contributed by atoms with E-state index >= 15 is 0 Å². The Bertz CT molecular complexity index is 828. The van der Waals surface area contributed by atoms with Crippen molar-refractivity contribution in [3.8, 4) is 5.75 Å². The van der Waals surface area contributed by atoms with Crippen LogP contribution < -0.4 is 10.1 Å². The predicted molar refractivity (Wildman–Crippen MR) is 87.3 cm³/mol. The van der Waals surface area contributed by atoms with Gasteiger partial charge < -0.3 is 10.1 Å². The number of rotatable bonds is 4. The third kappa shape index (κ3) is 2.80. The summed E-state index contributed by atoms with van der Waals surface area (Å²) < 4.78 is 19.9. The molecule has 3 rings (SSSR count). The molecule has 22 heavy (non-hydrogen) atoms. The highest BCUT2D eigenvalue weighted by Gasteiger charge is 2.14. The monoisotopic (exact) mass is 315 g/mol. The van der Waals surface area contributed by atoms with E-state index in [-0.39, 0.29) is 11.7 Å². The van der Waals surface area contributed by atoms with Gasteiger partial charge in [-0.05, 0) is 37.3 Å². The molecule has 0 aliphatic carbocycles. The second-order valence-electron chi connectivity index (χ2n) is 4.65. The molecule has 0 fully saturated rings. The van der Waals surface area contributed by atoms with Gasteiger partial charge in [0.15, 0.2) is 0 Å². The van der Waals surface area contributed by atoms with Crippen LogP contribution in [-0.2, 0) is 0 Å². The minimum Gasteiger partial charge on any atom is -0.492 e. The highest BCUT2D eigenvalue weighted by atomic mass is 32.1. The second kappa shape index (κ2) is 6.15. The summed E-state index contributed by atoms with van der Waals surface area (Å²) in [7, 11) is 0. The zero-order chi connectivity index (χ0) is 15.5. The lowest BCUT2D eigenvalue weighted by molar-refractivity contribution is 0.103. The minimum absolute atomic E-state index is 0.271. The van der Waals surface area contributed by atoms with Crippen molar-refractivity contribution < 1.29 is 13.9 Å². The van der Waals surface area contributed by atoms with Crippen molar-refractivity contribution in [3.05, 3.63) is 59.2 Å². The molecular formula is C17H14FNO2S. The number of thiophene rings is 1. The largest absolute Gasteiger partial charge is 0.492 e. The van der Waals surface area contributed by atoms with Gasteiger partial charge in [-0.2, -0.15) is 0 Å². The molecule has 1 N–H and O–H groups in total. The number of carbonyl (C=O) groups excluding carboxylic acids is 1.